The fraction of sp³-hybridized carbons (Fsp3) is 0.267. The van der Waals surface area contributed by atoms with Gasteiger partial charge >= 0.3 is 0 Å². The third-order valence-electron chi connectivity index (χ3n) is 2.54. The minimum absolute atomic E-state index is 0.0540. The summed E-state index contributed by atoms with van der Waals surface area (Å²) in [7, 11) is 0. The van der Waals surface area contributed by atoms with Crippen LogP contribution >= 0.6 is 0 Å². The van der Waals surface area contributed by atoms with Crippen LogP contribution < -0.4 is 5.32 Å². The summed E-state index contributed by atoms with van der Waals surface area (Å²) in [6, 6.07) is 9.88. The zero-order valence-corrected chi connectivity index (χ0v) is 10.4. The van der Waals surface area contributed by atoms with E-state index in [0.717, 1.165) is 12.0 Å². The second-order valence-electron chi connectivity index (χ2n) is 3.75. The Kier molecular flexibility index (Phi) is 5.80. The molecule has 1 rings (SSSR count). The maximum atomic E-state index is 11.5. The second kappa shape index (κ2) is 7.44. The van der Waals surface area contributed by atoms with Crippen LogP contribution in [0, 0.1) is 0 Å². The Morgan fingerprint density at radius 2 is 1.94 bits per heavy atom. The Morgan fingerprint density at radius 1 is 1.24 bits per heavy atom. The molecule has 0 bridgehead atoms. The maximum Gasteiger partial charge on any atom is 0.244 e. The molecule has 2 heteroatoms. The van der Waals surface area contributed by atoms with Crippen molar-refractivity contribution < 1.29 is 4.79 Å². The first-order valence-corrected chi connectivity index (χ1v) is 5.91. The van der Waals surface area contributed by atoms with Crippen LogP contribution in [0.2, 0.25) is 0 Å². The van der Waals surface area contributed by atoms with Crippen LogP contribution in [0.3, 0.4) is 0 Å². The van der Waals surface area contributed by atoms with Crippen molar-refractivity contribution in [1.82, 2.24) is 5.32 Å². The van der Waals surface area contributed by atoms with Crippen molar-refractivity contribution in [3.63, 3.8) is 0 Å². The topological polar surface area (TPSA) is 29.1 Å². The zero-order chi connectivity index (χ0) is 12.5. The van der Waals surface area contributed by atoms with E-state index in [1.807, 2.05) is 49.4 Å². The van der Waals surface area contributed by atoms with Crippen molar-refractivity contribution in [2.24, 2.45) is 0 Å². The van der Waals surface area contributed by atoms with Crippen LogP contribution in [0.15, 0.2) is 54.1 Å². The summed E-state index contributed by atoms with van der Waals surface area (Å²) in [6.45, 7) is 4.62. The third-order valence-corrected chi connectivity index (χ3v) is 2.54. The smallest absolute Gasteiger partial charge is 0.244 e. The minimum atomic E-state index is -0.0540. The van der Waals surface area contributed by atoms with Crippen molar-refractivity contribution >= 4 is 5.91 Å². The minimum Gasteiger partial charge on any atom is -0.348 e. The fourth-order valence-corrected chi connectivity index (χ4v) is 1.44. The summed E-state index contributed by atoms with van der Waals surface area (Å²) in [6.07, 6.45) is 6.40. The van der Waals surface area contributed by atoms with E-state index in [0.29, 0.717) is 6.54 Å². The number of nitrogens with one attached hydrogen (secondary N) is 1. The predicted octanol–water partition coefficient (Wildman–Crippen LogP) is 3.22. The average Bonchev–Trinajstić information content (AvgIpc) is 2.39. The van der Waals surface area contributed by atoms with Crippen LogP contribution in [0.4, 0.5) is 0 Å². The molecule has 0 aliphatic heterocycles. The highest BCUT2D eigenvalue weighted by molar-refractivity contribution is 5.87. The van der Waals surface area contributed by atoms with E-state index < -0.39 is 0 Å². The molecule has 0 saturated carbocycles. The molecular formula is C15H19NO. The van der Waals surface area contributed by atoms with Crippen molar-refractivity contribution in [2.75, 3.05) is 0 Å². The Labute approximate surface area is 103 Å². The summed E-state index contributed by atoms with van der Waals surface area (Å²) in [5.74, 6) is -0.0540. The molecule has 0 spiro atoms. The van der Waals surface area contributed by atoms with Crippen LogP contribution in [0.25, 0.3) is 0 Å². The highest BCUT2D eigenvalue weighted by Crippen LogP contribution is 2.01. The van der Waals surface area contributed by atoms with Crippen LogP contribution in [0.5, 0.6) is 0 Å². The van der Waals surface area contributed by atoms with Gasteiger partial charge in [-0.05, 0) is 18.9 Å². The van der Waals surface area contributed by atoms with Crippen LogP contribution in [-0.2, 0) is 11.3 Å². The summed E-state index contributed by atoms with van der Waals surface area (Å²) in [4.78, 5) is 11.5. The highest BCUT2D eigenvalue weighted by Gasteiger charge is 1.96. The molecule has 0 fully saturated rings. The second-order valence-corrected chi connectivity index (χ2v) is 3.75. The number of allylic oxidation sites excluding steroid dienone is 3. The van der Waals surface area contributed by atoms with Gasteiger partial charge in [0, 0.05) is 12.6 Å². The average molecular weight is 229 g/mol. The molecule has 1 N–H and O–H groups in total. The van der Waals surface area contributed by atoms with Crippen molar-refractivity contribution in [1.29, 1.82) is 0 Å². The first kappa shape index (κ1) is 13.2. The third kappa shape index (κ3) is 5.16. The molecule has 2 nitrogen and oxygen atoms in total. The molecule has 0 aliphatic rings. The Balaban J connectivity index is 2.41. The Morgan fingerprint density at radius 3 is 2.53 bits per heavy atom. The predicted molar refractivity (Wildman–Crippen MR) is 71.5 cm³/mol. The van der Waals surface area contributed by atoms with Gasteiger partial charge in [0.2, 0.25) is 5.91 Å². The number of rotatable bonds is 5. The normalized spacial score (nSPS) is 11.8. The van der Waals surface area contributed by atoms with Gasteiger partial charge in [-0.15, -0.1) is 0 Å². The molecule has 0 atom stereocenters. The number of carbonyl (C=O) groups is 1. The standard InChI is InChI=1S/C15H19NO/c1-3-13(4-2)10-11-15(17)16-12-14-8-6-5-7-9-14/h3,5-11H,4,12H2,1-2H3,(H,16,17). The number of amides is 1. The molecule has 0 unspecified atom stereocenters. The van der Waals surface area contributed by atoms with Gasteiger partial charge in [-0.1, -0.05) is 55.0 Å². The number of benzene rings is 1. The lowest BCUT2D eigenvalue weighted by molar-refractivity contribution is -0.116. The summed E-state index contributed by atoms with van der Waals surface area (Å²) >= 11 is 0. The van der Waals surface area contributed by atoms with Gasteiger partial charge in [0.05, 0.1) is 0 Å². The molecule has 0 heterocycles. The molecule has 1 aromatic rings. The Bertz CT molecular complexity index is 404. The van der Waals surface area contributed by atoms with Crippen LogP contribution in [0.1, 0.15) is 25.8 Å². The molecule has 0 aliphatic carbocycles. The van der Waals surface area contributed by atoms with Crippen molar-refractivity contribution in [3.05, 3.63) is 59.7 Å². The first-order chi connectivity index (χ1) is 8.26. The summed E-state index contributed by atoms with van der Waals surface area (Å²) < 4.78 is 0. The van der Waals surface area contributed by atoms with E-state index in [1.165, 1.54) is 5.57 Å². The fourth-order valence-electron chi connectivity index (χ4n) is 1.44. The molecule has 0 saturated heterocycles. The molecule has 17 heavy (non-hydrogen) atoms. The molecule has 1 amide bonds. The largest absolute Gasteiger partial charge is 0.348 e. The maximum absolute atomic E-state index is 11.5. The van der Waals surface area contributed by atoms with E-state index in [2.05, 4.69) is 12.2 Å². The Hall–Kier alpha value is -1.83. The molecule has 90 valence electrons. The quantitative estimate of drug-likeness (QED) is 0.609. The van der Waals surface area contributed by atoms with Gasteiger partial charge < -0.3 is 5.32 Å². The lowest BCUT2D eigenvalue weighted by Gasteiger charge is -2.02. The van der Waals surface area contributed by atoms with Crippen molar-refractivity contribution in [3.8, 4) is 0 Å². The van der Waals surface area contributed by atoms with Crippen LogP contribution in [-0.4, -0.2) is 5.91 Å². The molecule has 0 aromatic heterocycles. The van der Waals surface area contributed by atoms with Gasteiger partial charge in [-0.25, -0.2) is 0 Å². The number of hydrogen-bond donors (Lipinski definition) is 1. The van der Waals surface area contributed by atoms with E-state index in [-0.39, 0.29) is 5.91 Å². The number of carbonyl (C=O) groups excluding carboxylic acids is 1. The molecule has 0 radical (unpaired) electrons. The van der Waals surface area contributed by atoms with Gasteiger partial charge in [-0.2, -0.15) is 0 Å². The lowest BCUT2D eigenvalue weighted by atomic mass is 10.2. The highest BCUT2D eigenvalue weighted by atomic mass is 16.1. The van der Waals surface area contributed by atoms with Gasteiger partial charge in [0.25, 0.3) is 0 Å². The van der Waals surface area contributed by atoms with E-state index in [9.17, 15) is 4.79 Å². The number of hydrogen-bond acceptors (Lipinski definition) is 1. The molecule has 1 aromatic carbocycles. The first-order valence-electron chi connectivity index (χ1n) is 5.91. The van der Waals surface area contributed by atoms with E-state index >= 15 is 0 Å². The van der Waals surface area contributed by atoms with E-state index in [4.69, 9.17) is 0 Å². The van der Waals surface area contributed by atoms with Gasteiger partial charge in [0.15, 0.2) is 0 Å². The summed E-state index contributed by atoms with van der Waals surface area (Å²) in [5, 5.41) is 2.85. The van der Waals surface area contributed by atoms with Crippen molar-refractivity contribution in [2.45, 2.75) is 26.8 Å². The zero-order valence-electron chi connectivity index (χ0n) is 10.4. The van der Waals surface area contributed by atoms with Gasteiger partial charge in [0.1, 0.15) is 0 Å². The van der Waals surface area contributed by atoms with E-state index in [1.54, 1.807) is 6.08 Å². The summed E-state index contributed by atoms with van der Waals surface area (Å²) in [5.41, 5.74) is 2.27. The lowest BCUT2D eigenvalue weighted by Crippen LogP contribution is -2.20. The SMILES string of the molecule is CC=C(C=CC(=O)NCc1ccccc1)CC. The van der Waals surface area contributed by atoms with Gasteiger partial charge in [-0.3, -0.25) is 4.79 Å². The molecular weight excluding hydrogens is 210 g/mol. The monoisotopic (exact) mass is 229 g/mol.